The van der Waals surface area contributed by atoms with E-state index in [-0.39, 0.29) is 5.91 Å². The third-order valence-electron chi connectivity index (χ3n) is 4.14. The van der Waals surface area contributed by atoms with E-state index in [1.807, 2.05) is 36.4 Å². The largest absolute Gasteiger partial charge is 0.356 e. The highest BCUT2D eigenvalue weighted by Gasteiger charge is 2.54. The lowest BCUT2D eigenvalue weighted by Gasteiger charge is -2.09. The average molecular weight is 372 g/mol. The molecule has 1 saturated carbocycles. The fraction of sp³-hybridized carbons (Fsp3) is 0.294. The van der Waals surface area contributed by atoms with Crippen molar-refractivity contribution in [2.45, 2.75) is 29.5 Å². The maximum atomic E-state index is 12.7. The molecule has 25 heavy (non-hydrogen) atoms. The summed E-state index contributed by atoms with van der Waals surface area (Å²) < 4.78 is 6.31. The van der Waals surface area contributed by atoms with Gasteiger partial charge < -0.3 is 4.52 Å². The third-order valence-corrected chi connectivity index (χ3v) is 5.99. The molecule has 2 heterocycles. The lowest BCUT2D eigenvalue weighted by Crippen LogP contribution is -2.28. The van der Waals surface area contributed by atoms with Crippen LogP contribution in [0, 0.1) is 0 Å². The van der Waals surface area contributed by atoms with Crippen molar-refractivity contribution >= 4 is 34.1 Å². The highest BCUT2D eigenvalue weighted by molar-refractivity contribution is 8.01. The Balaban J connectivity index is 1.51. The van der Waals surface area contributed by atoms with E-state index in [0.717, 1.165) is 28.5 Å². The van der Waals surface area contributed by atoms with E-state index in [0.29, 0.717) is 16.6 Å². The average Bonchev–Trinajstić information content (AvgIpc) is 3.09. The molecular weight excluding hydrogens is 356 g/mol. The summed E-state index contributed by atoms with van der Waals surface area (Å²) in [6.45, 7) is 2.05. The molecule has 1 fully saturated rings. The number of hydrogen-bond donors (Lipinski definition) is 1. The zero-order chi connectivity index (χ0) is 17.3. The Morgan fingerprint density at radius 1 is 1.32 bits per heavy atom. The van der Waals surface area contributed by atoms with E-state index in [4.69, 9.17) is 4.52 Å². The normalized spacial score (nSPS) is 15.1. The van der Waals surface area contributed by atoms with E-state index < -0.39 is 5.41 Å². The number of thioether (sulfide) groups is 1. The van der Waals surface area contributed by atoms with Gasteiger partial charge in [-0.15, -0.1) is 10.2 Å². The molecule has 4 rings (SSSR count). The molecule has 1 aliphatic rings. The number of rotatable bonds is 6. The molecule has 0 atom stereocenters. The summed E-state index contributed by atoms with van der Waals surface area (Å²) in [5.74, 6) is 1.50. The molecule has 0 saturated heterocycles. The summed E-state index contributed by atoms with van der Waals surface area (Å²) >= 11 is 3.00. The predicted octanol–water partition coefficient (Wildman–Crippen LogP) is 3.98. The van der Waals surface area contributed by atoms with Crippen molar-refractivity contribution in [1.82, 2.24) is 15.4 Å². The predicted molar refractivity (Wildman–Crippen MR) is 97.8 cm³/mol. The number of nitrogens with one attached hydrogen (secondary N) is 1. The summed E-state index contributed by atoms with van der Waals surface area (Å²) in [6, 6.07) is 11.6. The molecule has 1 aliphatic carbocycles. The second kappa shape index (κ2) is 6.61. The highest BCUT2D eigenvalue weighted by atomic mass is 32.2. The first kappa shape index (κ1) is 16.3. The Morgan fingerprint density at radius 3 is 2.84 bits per heavy atom. The Labute approximate surface area is 153 Å². The van der Waals surface area contributed by atoms with Crippen molar-refractivity contribution in [1.29, 1.82) is 0 Å². The van der Waals surface area contributed by atoms with Gasteiger partial charge in [0, 0.05) is 11.6 Å². The van der Waals surface area contributed by atoms with Crippen molar-refractivity contribution in [3.63, 3.8) is 0 Å². The quantitative estimate of drug-likeness (QED) is 0.521. The van der Waals surface area contributed by atoms with Crippen LogP contribution in [-0.2, 0) is 10.2 Å². The topological polar surface area (TPSA) is 80.9 Å². The van der Waals surface area contributed by atoms with Crippen LogP contribution in [0.5, 0.6) is 0 Å². The van der Waals surface area contributed by atoms with Gasteiger partial charge in [0.2, 0.25) is 11.0 Å². The van der Waals surface area contributed by atoms with Gasteiger partial charge in [-0.2, -0.15) is 0 Å². The number of amides is 1. The lowest BCUT2D eigenvalue weighted by molar-refractivity contribution is -0.118. The van der Waals surface area contributed by atoms with Gasteiger partial charge >= 0.3 is 0 Å². The number of anilines is 1. The smallest absolute Gasteiger partial charge is 0.238 e. The highest BCUT2D eigenvalue weighted by Crippen LogP contribution is 2.49. The molecule has 0 aliphatic heterocycles. The standard InChI is InChI=1S/C17H16N4O2S2/c1-2-24-16-20-19-15(25-16)18-14(22)17(8-9-17)13-10-12(23-21-13)11-6-4-3-5-7-11/h3-7,10H,2,8-9H2,1H3,(H,18,19,22). The zero-order valence-corrected chi connectivity index (χ0v) is 15.2. The molecule has 0 radical (unpaired) electrons. The van der Waals surface area contributed by atoms with Crippen LogP contribution in [0.25, 0.3) is 11.3 Å². The first-order valence-electron chi connectivity index (χ1n) is 8.01. The molecule has 1 N–H and O–H groups in total. The number of hydrogen-bond acceptors (Lipinski definition) is 7. The lowest BCUT2D eigenvalue weighted by atomic mass is 10.0. The third kappa shape index (κ3) is 3.19. The SMILES string of the molecule is CCSc1nnc(NC(=O)C2(c3cc(-c4ccccc4)on3)CC2)s1. The van der Waals surface area contributed by atoms with Crippen molar-refractivity contribution in [3.8, 4) is 11.3 Å². The van der Waals surface area contributed by atoms with Crippen LogP contribution in [0.3, 0.4) is 0 Å². The fourth-order valence-electron chi connectivity index (χ4n) is 2.62. The molecule has 1 aromatic carbocycles. The van der Waals surface area contributed by atoms with Crippen molar-refractivity contribution < 1.29 is 9.32 Å². The fourth-order valence-corrected chi connectivity index (χ4v) is 4.27. The summed E-state index contributed by atoms with van der Waals surface area (Å²) in [4.78, 5) is 12.7. The van der Waals surface area contributed by atoms with Crippen LogP contribution in [0.2, 0.25) is 0 Å². The molecule has 8 heteroatoms. The molecule has 2 aromatic heterocycles. The van der Waals surface area contributed by atoms with Crippen LogP contribution >= 0.6 is 23.1 Å². The first-order chi connectivity index (χ1) is 12.2. The Morgan fingerprint density at radius 2 is 2.12 bits per heavy atom. The molecule has 6 nitrogen and oxygen atoms in total. The van der Waals surface area contributed by atoms with Gasteiger partial charge in [0.25, 0.3) is 0 Å². The van der Waals surface area contributed by atoms with Crippen LogP contribution in [-0.4, -0.2) is 27.0 Å². The van der Waals surface area contributed by atoms with Crippen LogP contribution in [0.1, 0.15) is 25.5 Å². The number of carbonyl (C=O) groups is 1. The Bertz CT molecular complexity index is 887. The van der Waals surface area contributed by atoms with Gasteiger partial charge in [-0.05, 0) is 18.6 Å². The minimum atomic E-state index is -0.611. The summed E-state index contributed by atoms with van der Waals surface area (Å²) in [6.07, 6.45) is 1.52. The van der Waals surface area contributed by atoms with Crippen molar-refractivity contribution in [2.24, 2.45) is 0 Å². The molecule has 128 valence electrons. The van der Waals surface area contributed by atoms with E-state index in [9.17, 15) is 4.79 Å². The van der Waals surface area contributed by atoms with E-state index >= 15 is 0 Å². The van der Waals surface area contributed by atoms with Gasteiger partial charge in [0.15, 0.2) is 10.1 Å². The number of carbonyl (C=O) groups excluding carboxylic acids is 1. The first-order valence-corrected chi connectivity index (χ1v) is 9.82. The number of benzene rings is 1. The number of nitrogens with zero attached hydrogens (tertiary/aromatic N) is 3. The minimum Gasteiger partial charge on any atom is -0.356 e. The molecule has 1 amide bonds. The van der Waals surface area contributed by atoms with E-state index in [1.165, 1.54) is 11.3 Å². The number of aromatic nitrogens is 3. The summed E-state index contributed by atoms with van der Waals surface area (Å²) in [5, 5.41) is 15.7. The van der Waals surface area contributed by atoms with Gasteiger partial charge in [0.1, 0.15) is 0 Å². The van der Waals surface area contributed by atoms with Crippen LogP contribution < -0.4 is 5.32 Å². The van der Waals surface area contributed by atoms with Gasteiger partial charge in [-0.1, -0.05) is 65.5 Å². The minimum absolute atomic E-state index is 0.0930. The molecule has 3 aromatic rings. The Hall–Kier alpha value is -2.19. The maximum Gasteiger partial charge on any atom is 0.238 e. The monoisotopic (exact) mass is 372 g/mol. The van der Waals surface area contributed by atoms with Gasteiger partial charge in [-0.25, -0.2) is 0 Å². The second-order valence-electron chi connectivity index (χ2n) is 5.78. The van der Waals surface area contributed by atoms with Crippen molar-refractivity contribution in [3.05, 3.63) is 42.1 Å². The molecule has 0 spiro atoms. The molecule has 0 bridgehead atoms. The Kier molecular flexibility index (Phi) is 4.30. The van der Waals surface area contributed by atoms with Gasteiger partial charge in [-0.3, -0.25) is 10.1 Å². The second-order valence-corrected chi connectivity index (χ2v) is 8.27. The van der Waals surface area contributed by atoms with E-state index in [2.05, 4.69) is 27.6 Å². The van der Waals surface area contributed by atoms with Crippen molar-refractivity contribution in [2.75, 3.05) is 11.1 Å². The maximum absolute atomic E-state index is 12.7. The summed E-state index contributed by atoms with van der Waals surface area (Å²) in [5.41, 5.74) is 1.01. The van der Waals surface area contributed by atoms with E-state index in [1.54, 1.807) is 11.8 Å². The molecule has 0 unspecified atom stereocenters. The summed E-state index contributed by atoms with van der Waals surface area (Å²) in [7, 11) is 0. The van der Waals surface area contributed by atoms with Gasteiger partial charge in [0.05, 0.1) is 11.1 Å². The van der Waals surface area contributed by atoms with Crippen LogP contribution in [0.4, 0.5) is 5.13 Å². The van der Waals surface area contributed by atoms with Crippen LogP contribution in [0.15, 0.2) is 45.3 Å². The molecular formula is C17H16N4O2S2. The zero-order valence-electron chi connectivity index (χ0n) is 13.6.